The second-order valence-corrected chi connectivity index (χ2v) is 4.29. The monoisotopic (exact) mass is 238 g/mol. The zero-order valence-corrected chi connectivity index (χ0v) is 9.77. The SMILES string of the molecule is CCC1CN2CC(C(C)=O)=C(C(=O)O)N2C1=O. The third kappa shape index (κ3) is 1.64. The number of carboxylic acid groups (broad SMARTS) is 1. The lowest BCUT2D eigenvalue weighted by Gasteiger charge is -2.19. The predicted octanol–water partition coefficient (Wildman–Crippen LogP) is 0.0131. The van der Waals surface area contributed by atoms with Crippen LogP contribution in [0.4, 0.5) is 0 Å². The average Bonchev–Trinajstić information content (AvgIpc) is 2.75. The molecule has 0 saturated carbocycles. The molecule has 2 aliphatic heterocycles. The van der Waals surface area contributed by atoms with Crippen molar-refractivity contribution in [1.82, 2.24) is 10.0 Å². The van der Waals surface area contributed by atoms with Gasteiger partial charge in [0.2, 0.25) is 5.91 Å². The summed E-state index contributed by atoms with van der Waals surface area (Å²) in [5, 5.41) is 11.9. The van der Waals surface area contributed by atoms with Gasteiger partial charge in [-0.3, -0.25) is 9.59 Å². The van der Waals surface area contributed by atoms with Crippen molar-refractivity contribution < 1.29 is 19.5 Å². The Bertz CT molecular complexity index is 441. The number of hydrogen-bond acceptors (Lipinski definition) is 4. The minimum Gasteiger partial charge on any atom is -0.477 e. The molecule has 1 unspecified atom stereocenters. The maximum atomic E-state index is 12.0. The topological polar surface area (TPSA) is 77.9 Å². The molecule has 0 bridgehead atoms. The summed E-state index contributed by atoms with van der Waals surface area (Å²) in [6.07, 6.45) is 0.675. The minimum atomic E-state index is -1.22. The van der Waals surface area contributed by atoms with E-state index in [1.165, 1.54) is 6.92 Å². The molecule has 2 heterocycles. The summed E-state index contributed by atoms with van der Waals surface area (Å²) >= 11 is 0. The maximum absolute atomic E-state index is 12.0. The van der Waals surface area contributed by atoms with E-state index in [9.17, 15) is 14.4 Å². The minimum absolute atomic E-state index is 0.168. The van der Waals surface area contributed by atoms with Crippen molar-refractivity contribution in [3.05, 3.63) is 11.3 Å². The van der Waals surface area contributed by atoms with E-state index in [4.69, 9.17) is 5.11 Å². The molecule has 1 atom stereocenters. The summed E-state index contributed by atoms with van der Waals surface area (Å²) in [5.74, 6) is -1.90. The molecule has 0 aromatic heterocycles. The highest BCUT2D eigenvalue weighted by Crippen LogP contribution is 2.32. The molecule has 0 radical (unpaired) electrons. The van der Waals surface area contributed by atoms with Crippen LogP contribution in [0.2, 0.25) is 0 Å². The van der Waals surface area contributed by atoms with Crippen LogP contribution in [0.3, 0.4) is 0 Å². The molecule has 1 N–H and O–H groups in total. The van der Waals surface area contributed by atoms with Crippen molar-refractivity contribution in [3.8, 4) is 0 Å². The van der Waals surface area contributed by atoms with E-state index in [-0.39, 0.29) is 35.4 Å². The molecule has 1 saturated heterocycles. The number of amides is 1. The van der Waals surface area contributed by atoms with E-state index >= 15 is 0 Å². The van der Waals surface area contributed by atoms with E-state index in [2.05, 4.69) is 0 Å². The van der Waals surface area contributed by atoms with Gasteiger partial charge in [-0.1, -0.05) is 6.92 Å². The van der Waals surface area contributed by atoms with Crippen LogP contribution in [0.15, 0.2) is 11.3 Å². The number of carboxylic acids is 1. The number of nitrogens with zero attached hydrogens (tertiary/aromatic N) is 2. The molecule has 6 nitrogen and oxygen atoms in total. The third-order valence-electron chi connectivity index (χ3n) is 3.23. The molecular weight excluding hydrogens is 224 g/mol. The summed E-state index contributed by atoms with van der Waals surface area (Å²) in [4.78, 5) is 34.5. The lowest BCUT2D eigenvalue weighted by atomic mass is 10.0. The highest BCUT2D eigenvalue weighted by atomic mass is 16.4. The van der Waals surface area contributed by atoms with Gasteiger partial charge in [0.1, 0.15) is 0 Å². The Morgan fingerprint density at radius 3 is 2.59 bits per heavy atom. The zero-order valence-electron chi connectivity index (χ0n) is 9.77. The van der Waals surface area contributed by atoms with Crippen LogP contribution < -0.4 is 0 Å². The fourth-order valence-electron chi connectivity index (χ4n) is 2.30. The van der Waals surface area contributed by atoms with Gasteiger partial charge in [0.25, 0.3) is 0 Å². The first-order valence-corrected chi connectivity index (χ1v) is 5.53. The molecule has 92 valence electrons. The molecule has 1 fully saturated rings. The van der Waals surface area contributed by atoms with Gasteiger partial charge in [-0.05, 0) is 13.3 Å². The molecule has 0 spiro atoms. The van der Waals surface area contributed by atoms with Crippen LogP contribution in [0.25, 0.3) is 0 Å². The molecule has 6 heteroatoms. The zero-order chi connectivity index (χ0) is 12.7. The maximum Gasteiger partial charge on any atom is 0.354 e. The van der Waals surface area contributed by atoms with E-state index in [1.54, 1.807) is 5.01 Å². The highest BCUT2D eigenvalue weighted by Gasteiger charge is 2.47. The first kappa shape index (κ1) is 11.8. The van der Waals surface area contributed by atoms with Crippen LogP contribution in [-0.4, -0.2) is 45.9 Å². The van der Waals surface area contributed by atoms with E-state index in [0.29, 0.717) is 13.0 Å². The Labute approximate surface area is 98.5 Å². The fraction of sp³-hybridized carbons (Fsp3) is 0.545. The average molecular weight is 238 g/mol. The molecule has 1 amide bonds. The van der Waals surface area contributed by atoms with Gasteiger partial charge in [-0.2, -0.15) is 0 Å². The number of carbonyl (C=O) groups is 3. The number of Topliss-reactive ketones (excluding diaryl/α,β-unsaturated/α-hetero) is 1. The van der Waals surface area contributed by atoms with Gasteiger partial charge in [-0.15, -0.1) is 0 Å². The second kappa shape index (κ2) is 3.96. The third-order valence-corrected chi connectivity index (χ3v) is 3.23. The van der Waals surface area contributed by atoms with Gasteiger partial charge in [0.05, 0.1) is 5.92 Å². The highest BCUT2D eigenvalue weighted by molar-refractivity contribution is 6.05. The fourth-order valence-corrected chi connectivity index (χ4v) is 2.30. The Hall–Kier alpha value is -1.69. The number of carbonyl (C=O) groups excluding carboxylic acids is 2. The molecule has 0 aliphatic carbocycles. The summed E-state index contributed by atoms with van der Waals surface area (Å²) in [5.41, 5.74) is 0.0406. The summed E-state index contributed by atoms with van der Waals surface area (Å²) in [6, 6.07) is 0. The smallest absolute Gasteiger partial charge is 0.354 e. The molecule has 2 rings (SSSR count). The number of hydrazine groups is 1. The molecule has 0 aromatic rings. The molecule has 2 aliphatic rings. The van der Waals surface area contributed by atoms with Crippen molar-refractivity contribution in [2.24, 2.45) is 5.92 Å². The van der Waals surface area contributed by atoms with E-state index in [0.717, 1.165) is 5.01 Å². The first-order valence-electron chi connectivity index (χ1n) is 5.53. The van der Waals surface area contributed by atoms with Gasteiger partial charge >= 0.3 is 5.97 Å². The summed E-state index contributed by atoms with van der Waals surface area (Å²) in [6.45, 7) is 3.92. The van der Waals surface area contributed by atoms with E-state index in [1.807, 2.05) is 6.92 Å². The van der Waals surface area contributed by atoms with Crippen LogP contribution in [0, 0.1) is 5.92 Å². The summed E-state index contributed by atoms with van der Waals surface area (Å²) in [7, 11) is 0. The number of hydrogen-bond donors (Lipinski definition) is 1. The van der Waals surface area contributed by atoms with Crippen molar-refractivity contribution in [2.75, 3.05) is 13.1 Å². The molecule has 17 heavy (non-hydrogen) atoms. The lowest BCUT2D eigenvalue weighted by molar-refractivity contribution is -0.143. The Kier molecular flexibility index (Phi) is 2.74. The van der Waals surface area contributed by atoms with Crippen molar-refractivity contribution in [3.63, 3.8) is 0 Å². The van der Waals surface area contributed by atoms with Crippen LogP contribution in [0.5, 0.6) is 0 Å². The molecular formula is C11H14N2O4. The normalized spacial score (nSPS) is 24.5. The van der Waals surface area contributed by atoms with Crippen molar-refractivity contribution in [1.29, 1.82) is 0 Å². The Balaban J connectivity index is 2.41. The first-order chi connectivity index (χ1) is 7.97. The van der Waals surface area contributed by atoms with Crippen LogP contribution in [0.1, 0.15) is 20.3 Å². The van der Waals surface area contributed by atoms with Gasteiger partial charge in [0, 0.05) is 18.7 Å². The standard InChI is InChI=1S/C11H14N2O4/c1-3-7-4-12-5-8(6(2)14)9(11(16)17)13(12)10(7)15/h7H,3-5H2,1-2H3,(H,16,17). The largest absolute Gasteiger partial charge is 0.477 e. The van der Waals surface area contributed by atoms with Gasteiger partial charge in [0.15, 0.2) is 11.5 Å². The second-order valence-electron chi connectivity index (χ2n) is 4.29. The van der Waals surface area contributed by atoms with Gasteiger partial charge < -0.3 is 5.11 Å². The Morgan fingerprint density at radius 1 is 1.47 bits per heavy atom. The number of ketones is 1. The van der Waals surface area contributed by atoms with Crippen LogP contribution >= 0.6 is 0 Å². The Morgan fingerprint density at radius 2 is 2.12 bits per heavy atom. The molecule has 0 aromatic carbocycles. The number of fused-ring (bicyclic) bond motifs is 1. The lowest BCUT2D eigenvalue weighted by Crippen LogP contribution is -2.35. The number of rotatable bonds is 3. The van der Waals surface area contributed by atoms with Crippen LogP contribution in [-0.2, 0) is 14.4 Å². The van der Waals surface area contributed by atoms with Gasteiger partial charge in [-0.25, -0.2) is 14.8 Å². The van der Waals surface area contributed by atoms with E-state index < -0.39 is 5.97 Å². The quantitative estimate of drug-likeness (QED) is 0.749. The van der Waals surface area contributed by atoms with Crippen molar-refractivity contribution in [2.45, 2.75) is 20.3 Å². The van der Waals surface area contributed by atoms with Crippen molar-refractivity contribution >= 4 is 17.7 Å². The number of aliphatic carboxylic acids is 1. The summed E-state index contributed by atoms with van der Waals surface area (Å²) < 4.78 is 0. The predicted molar refractivity (Wildman–Crippen MR) is 57.5 cm³/mol.